The van der Waals surface area contributed by atoms with E-state index in [4.69, 9.17) is 5.73 Å². The fourth-order valence-corrected chi connectivity index (χ4v) is 2.80. The molecule has 2 amide bonds. The highest BCUT2D eigenvalue weighted by molar-refractivity contribution is 14.1. The van der Waals surface area contributed by atoms with Gasteiger partial charge in [-0.1, -0.05) is 24.3 Å². The van der Waals surface area contributed by atoms with E-state index in [9.17, 15) is 18.4 Å². The number of nitrogens with one attached hydrogen (secondary N) is 1. The van der Waals surface area contributed by atoms with E-state index in [2.05, 4.69) is 27.9 Å². The number of carbonyl (C=O) groups is 2. The fraction of sp³-hybridized carbons (Fsp3) is 0.176. The van der Waals surface area contributed by atoms with Crippen LogP contribution in [0.15, 0.2) is 42.5 Å². The molecule has 2 aromatic rings. The number of nitrogens with two attached hydrogens (primary N) is 1. The summed E-state index contributed by atoms with van der Waals surface area (Å²) in [6.07, 6.45) is -0.0616. The summed E-state index contributed by atoms with van der Waals surface area (Å²) in [5.74, 6) is -2.76. The number of amides is 2. The normalized spacial score (nSPS) is 11.8. The molecule has 0 spiro atoms. The molecule has 0 aromatic heterocycles. The Hall–Kier alpha value is -2.03. The molecule has 1 atom stereocenters. The van der Waals surface area contributed by atoms with Crippen LogP contribution in [-0.4, -0.2) is 17.9 Å². The zero-order valence-electron chi connectivity index (χ0n) is 12.6. The molecule has 0 heterocycles. The van der Waals surface area contributed by atoms with E-state index >= 15 is 0 Å². The van der Waals surface area contributed by atoms with E-state index in [-0.39, 0.29) is 18.4 Å². The number of hydrogen-bond donors (Lipinski definition) is 2. The quantitative estimate of drug-likeness (QED) is 0.672. The van der Waals surface area contributed by atoms with Crippen LogP contribution in [0.3, 0.4) is 0 Å². The smallest absolute Gasteiger partial charge is 0.240 e. The molecule has 4 nitrogen and oxygen atoms in total. The van der Waals surface area contributed by atoms with Gasteiger partial charge in [-0.25, -0.2) is 8.78 Å². The molecule has 126 valence electrons. The lowest BCUT2D eigenvalue weighted by Crippen LogP contribution is -2.46. The largest absolute Gasteiger partial charge is 0.368 e. The van der Waals surface area contributed by atoms with Crippen molar-refractivity contribution in [2.45, 2.75) is 18.9 Å². The monoisotopic (exact) mass is 444 g/mol. The lowest BCUT2D eigenvalue weighted by atomic mass is 10.0. The predicted octanol–water partition coefficient (Wildman–Crippen LogP) is 2.32. The van der Waals surface area contributed by atoms with Crippen molar-refractivity contribution < 1.29 is 18.4 Å². The molecule has 0 bridgehead atoms. The summed E-state index contributed by atoms with van der Waals surface area (Å²) in [7, 11) is 0. The molecule has 3 N–H and O–H groups in total. The van der Waals surface area contributed by atoms with Crippen LogP contribution < -0.4 is 11.1 Å². The third-order valence-corrected chi connectivity index (χ3v) is 4.48. The lowest BCUT2D eigenvalue weighted by Gasteiger charge is -2.16. The summed E-state index contributed by atoms with van der Waals surface area (Å²) in [5, 5.41) is 2.51. The molecule has 7 heteroatoms. The van der Waals surface area contributed by atoms with Gasteiger partial charge in [0.1, 0.15) is 17.7 Å². The maximum absolute atomic E-state index is 13.6. The Kier molecular flexibility index (Phi) is 6.24. The number of rotatable bonds is 6. The maximum Gasteiger partial charge on any atom is 0.240 e. The Morgan fingerprint density at radius 1 is 1.12 bits per heavy atom. The SMILES string of the molecule is NC(=O)[C@H](Cc1ccccc1I)NC(=O)Cc1ccc(F)cc1F. The molecule has 0 saturated heterocycles. The second-order valence-corrected chi connectivity index (χ2v) is 6.39. The average Bonchev–Trinajstić information content (AvgIpc) is 2.51. The first-order valence-electron chi connectivity index (χ1n) is 7.13. The second-order valence-electron chi connectivity index (χ2n) is 5.23. The second kappa shape index (κ2) is 8.18. The van der Waals surface area contributed by atoms with Gasteiger partial charge in [-0.05, 0) is 45.9 Å². The average molecular weight is 444 g/mol. The lowest BCUT2D eigenvalue weighted by molar-refractivity contribution is -0.127. The molecule has 24 heavy (non-hydrogen) atoms. The molecule has 0 aliphatic rings. The minimum absolute atomic E-state index is 0.0476. The predicted molar refractivity (Wildman–Crippen MR) is 94.1 cm³/mol. The van der Waals surface area contributed by atoms with Crippen LogP contribution >= 0.6 is 22.6 Å². The van der Waals surface area contributed by atoms with Crippen molar-refractivity contribution >= 4 is 34.4 Å². The van der Waals surface area contributed by atoms with Crippen LogP contribution in [0.5, 0.6) is 0 Å². The van der Waals surface area contributed by atoms with Crippen LogP contribution in [0, 0.1) is 15.2 Å². The molecular weight excluding hydrogens is 429 g/mol. The Balaban J connectivity index is 2.06. The summed E-state index contributed by atoms with van der Waals surface area (Å²) in [4.78, 5) is 23.7. The molecule has 0 fully saturated rings. The van der Waals surface area contributed by atoms with E-state index in [0.29, 0.717) is 6.07 Å². The highest BCUT2D eigenvalue weighted by Crippen LogP contribution is 2.14. The van der Waals surface area contributed by atoms with Crippen molar-refractivity contribution in [1.82, 2.24) is 5.32 Å². The minimum atomic E-state index is -0.906. The van der Waals surface area contributed by atoms with Crippen LogP contribution in [0.4, 0.5) is 8.78 Å². The Morgan fingerprint density at radius 3 is 2.46 bits per heavy atom. The third kappa shape index (κ3) is 4.98. The highest BCUT2D eigenvalue weighted by atomic mass is 127. The topological polar surface area (TPSA) is 72.2 Å². The molecule has 0 aliphatic heterocycles. The van der Waals surface area contributed by atoms with Gasteiger partial charge in [0, 0.05) is 16.1 Å². The summed E-state index contributed by atoms with van der Waals surface area (Å²) < 4.78 is 27.4. The first-order valence-corrected chi connectivity index (χ1v) is 8.20. The summed E-state index contributed by atoms with van der Waals surface area (Å²) in [6, 6.07) is 9.48. The van der Waals surface area contributed by atoms with E-state index < -0.39 is 29.5 Å². The van der Waals surface area contributed by atoms with Gasteiger partial charge in [0.15, 0.2) is 0 Å². The number of carbonyl (C=O) groups excluding carboxylic acids is 2. The van der Waals surface area contributed by atoms with Crippen LogP contribution in [0.25, 0.3) is 0 Å². The van der Waals surface area contributed by atoms with E-state index in [0.717, 1.165) is 15.2 Å². The standard InChI is InChI=1S/C17H15F2IN2O2/c18-12-6-5-10(13(19)9-12)8-16(23)22-15(17(21)24)7-11-3-1-2-4-14(11)20/h1-6,9,15H,7-8H2,(H2,21,24)(H,22,23)/t15-/m0/s1. The number of halogens is 3. The minimum Gasteiger partial charge on any atom is -0.368 e. The zero-order valence-corrected chi connectivity index (χ0v) is 14.7. The van der Waals surface area contributed by atoms with Crippen LogP contribution in [-0.2, 0) is 22.4 Å². The fourth-order valence-electron chi connectivity index (χ4n) is 2.19. The summed E-state index contributed by atoms with van der Waals surface area (Å²) in [5.41, 5.74) is 6.26. The van der Waals surface area contributed by atoms with Gasteiger partial charge in [-0.2, -0.15) is 0 Å². The van der Waals surface area contributed by atoms with Gasteiger partial charge in [0.2, 0.25) is 11.8 Å². The van der Waals surface area contributed by atoms with Gasteiger partial charge in [0.05, 0.1) is 6.42 Å². The van der Waals surface area contributed by atoms with Gasteiger partial charge < -0.3 is 11.1 Å². The Labute approximate surface area is 151 Å². The van der Waals surface area contributed by atoms with Crippen molar-refractivity contribution in [1.29, 1.82) is 0 Å². The Bertz CT molecular complexity index is 768. The van der Waals surface area contributed by atoms with Crippen LogP contribution in [0.2, 0.25) is 0 Å². The van der Waals surface area contributed by atoms with Gasteiger partial charge in [-0.15, -0.1) is 0 Å². The van der Waals surface area contributed by atoms with Crippen molar-refractivity contribution in [2.24, 2.45) is 5.73 Å². The van der Waals surface area contributed by atoms with E-state index in [1.54, 1.807) is 0 Å². The van der Waals surface area contributed by atoms with Gasteiger partial charge >= 0.3 is 0 Å². The summed E-state index contributed by atoms with van der Waals surface area (Å²) >= 11 is 2.13. The van der Waals surface area contributed by atoms with Crippen molar-refractivity contribution in [3.05, 3.63) is 68.8 Å². The van der Waals surface area contributed by atoms with Crippen molar-refractivity contribution in [3.63, 3.8) is 0 Å². The molecular formula is C17H15F2IN2O2. The summed E-state index contributed by atoms with van der Waals surface area (Å²) in [6.45, 7) is 0. The zero-order chi connectivity index (χ0) is 17.7. The van der Waals surface area contributed by atoms with E-state index in [1.165, 1.54) is 6.07 Å². The first kappa shape index (κ1) is 18.3. The molecule has 0 unspecified atom stereocenters. The molecule has 2 aromatic carbocycles. The number of primary amides is 1. The third-order valence-electron chi connectivity index (χ3n) is 3.43. The van der Waals surface area contributed by atoms with Crippen LogP contribution in [0.1, 0.15) is 11.1 Å². The number of hydrogen-bond acceptors (Lipinski definition) is 2. The maximum atomic E-state index is 13.6. The molecule has 2 rings (SSSR count). The first-order chi connectivity index (χ1) is 11.4. The molecule has 0 saturated carbocycles. The number of benzene rings is 2. The van der Waals surface area contributed by atoms with Gasteiger partial charge in [-0.3, -0.25) is 9.59 Å². The Morgan fingerprint density at radius 2 is 1.83 bits per heavy atom. The highest BCUT2D eigenvalue weighted by Gasteiger charge is 2.20. The molecule has 0 radical (unpaired) electrons. The van der Waals surface area contributed by atoms with Gasteiger partial charge in [0.25, 0.3) is 0 Å². The van der Waals surface area contributed by atoms with Crippen molar-refractivity contribution in [3.8, 4) is 0 Å². The molecule has 0 aliphatic carbocycles. The van der Waals surface area contributed by atoms with E-state index in [1.807, 2.05) is 24.3 Å². The van der Waals surface area contributed by atoms with Crippen molar-refractivity contribution in [2.75, 3.05) is 0 Å².